The average Bonchev–Trinajstić information content (AvgIpc) is 2.56. The largest absolute Gasteiger partial charge is 0.393 e. The predicted molar refractivity (Wildman–Crippen MR) is 102 cm³/mol. The molecule has 0 atom stereocenters. The zero-order chi connectivity index (χ0) is 19.1. The molecule has 0 spiro atoms. The molecule has 0 aromatic rings. The van der Waals surface area contributed by atoms with E-state index in [0.717, 1.165) is 45.1 Å². The molecule has 0 bridgehead atoms. The molecule has 6 N–H and O–H groups in total. The molecule has 0 rings (SSSR count). The van der Waals surface area contributed by atoms with Crippen LogP contribution >= 0.6 is 0 Å². The Balaban J connectivity index is 3.72. The van der Waals surface area contributed by atoms with E-state index in [0.29, 0.717) is 25.4 Å². The first-order valence-electron chi connectivity index (χ1n) is 9.40. The molecule has 0 saturated carbocycles. The first-order valence-corrected chi connectivity index (χ1v) is 9.40. The molecule has 25 heavy (non-hydrogen) atoms. The molecule has 2 amide bonds. The van der Waals surface area contributed by atoms with Crippen LogP contribution in [0.25, 0.3) is 0 Å². The highest BCUT2D eigenvalue weighted by Crippen LogP contribution is 2.04. The van der Waals surface area contributed by atoms with Crippen molar-refractivity contribution in [1.29, 1.82) is 0 Å². The van der Waals surface area contributed by atoms with Crippen molar-refractivity contribution in [1.82, 2.24) is 15.6 Å². The van der Waals surface area contributed by atoms with Crippen molar-refractivity contribution in [3.63, 3.8) is 0 Å². The van der Waals surface area contributed by atoms with E-state index in [1.54, 1.807) is 0 Å². The molecule has 146 valence electrons. The summed E-state index contributed by atoms with van der Waals surface area (Å²) in [4.78, 5) is 22.9. The third kappa shape index (κ3) is 14.3. The van der Waals surface area contributed by atoms with E-state index in [9.17, 15) is 9.59 Å². The topological polar surface area (TPSA) is 113 Å². The third-order valence-electron chi connectivity index (χ3n) is 3.80. The van der Waals surface area contributed by atoms with Gasteiger partial charge in [-0.25, -0.2) is 5.84 Å². The predicted octanol–water partition coefficient (Wildman–Crippen LogP) is 1.60. The number of hydrogen-bond acceptors (Lipinski definition) is 5. The van der Waals surface area contributed by atoms with Crippen LogP contribution in [0.1, 0.15) is 65.7 Å². The first-order chi connectivity index (χ1) is 11.9. The van der Waals surface area contributed by atoms with E-state index in [1.165, 1.54) is 11.2 Å². The normalized spacial score (nSPS) is 11.5. The minimum atomic E-state index is -0.283. The van der Waals surface area contributed by atoms with Gasteiger partial charge in [0.25, 0.3) is 5.91 Å². The second-order valence-corrected chi connectivity index (χ2v) is 6.73. The van der Waals surface area contributed by atoms with Crippen LogP contribution in [0, 0.1) is 5.92 Å². The lowest BCUT2D eigenvalue weighted by molar-refractivity contribution is -0.120. The maximum atomic E-state index is 11.9. The summed E-state index contributed by atoms with van der Waals surface area (Å²) in [6.07, 6.45) is 7.96. The molecular formula is C18H37N5O2. The van der Waals surface area contributed by atoms with Crippen LogP contribution in [0.5, 0.6) is 0 Å². The van der Waals surface area contributed by atoms with Gasteiger partial charge in [-0.1, -0.05) is 33.6 Å². The van der Waals surface area contributed by atoms with Gasteiger partial charge in [-0.15, -0.1) is 0 Å². The number of carbonyl (C=O) groups excluding carboxylic acids is 2. The number of hydrogen-bond donors (Lipinski definition) is 4. The third-order valence-corrected chi connectivity index (χ3v) is 3.80. The van der Waals surface area contributed by atoms with Crippen molar-refractivity contribution < 1.29 is 9.59 Å². The fourth-order valence-corrected chi connectivity index (χ4v) is 2.24. The monoisotopic (exact) mass is 355 g/mol. The first kappa shape index (κ1) is 23.2. The SMILES string of the molecule is CCC(=O)NCCCCCCNC(=O)/C(N)=C/N(N)CCCC(C)C. The van der Waals surface area contributed by atoms with Gasteiger partial charge in [-0.3, -0.25) is 9.59 Å². The Hall–Kier alpha value is -1.76. The van der Waals surface area contributed by atoms with Gasteiger partial charge >= 0.3 is 0 Å². The number of rotatable bonds is 14. The van der Waals surface area contributed by atoms with E-state index in [-0.39, 0.29) is 17.5 Å². The number of nitrogens with one attached hydrogen (secondary N) is 2. The second-order valence-electron chi connectivity index (χ2n) is 6.73. The van der Waals surface area contributed by atoms with Gasteiger partial charge in [-0.2, -0.15) is 0 Å². The van der Waals surface area contributed by atoms with Gasteiger partial charge in [0.05, 0.1) is 0 Å². The number of nitrogens with two attached hydrogens (primary N) is 2. The summed E-state index contributed by atoms with van der Waals surface area (Å²) in [6, 6.07) is 0. The number of nitrogens with zero attached hydrogens (tertiary/aromatic N) is 1. The molecule has 0 aliphatic heterocycles. The molecule has 0 saturated heterocycles. The Labute approximate surface area is 152 Å². The summed E-state index contributed by atoms with van der Waals surface area (Å²) in [5.41, 5.74) is 5.89. The quantitative estimate of drug-likeness (QED) is 0.164. The Morgan fingerprint density at radius 2 is 1.64 bits per heavy atom. The molecule has 0 aliphatic carbocycles. The van der Waals surface area contributed by atoms with Crippen LogP contribution in [0.4, 0.5) is 0 Å². The molecule has 0 aliphatic rings. The summed E-state index contributed by atoms with van der Waals surface area (Å²) in [7, 11) is 0. The number of amides is 2. The Bertz CT molecular complexity index is 410. The lowest BCUT2D eigenvalue weighted by atomic mass is 10.1. The Kier molecular flexibility index (Phi) is 13.5. The number of hydrazine groups is 1. The van der Waals surface area contributed by atoms with Crippen LogP contribution in [-0.2, 0) is 9.59 Å². The van der Waals surface area contributed by atoms with E-state index in [2.05, 4.69) is 24.5 Å². The average molecular weight is 356 g/mol. The van der Waals surface area contributed by atoms with Crippen molar-refractivity contribution >= 4 is 11.8 Å². The molecule has 0 aromatic heterocycles. The van der Waals surface area contributed by atoms with Crippen molar-refractivity contribution in [2.45, 2.75) is 65.7 Å². The van der Waals surface area contributed by atoms with Gasteiger partial charge in [0.2, 0.25) is 5.91 Å². The van der Waals surface area contributed by atoms with E-state index in [4.69, 9.17) is 11.6 Å². The van der Waals surface area contributed by atoms with Gasteiger partial charge in [0.1, 0.15) is 5.70 Å². The van der Waals surface area contributed by atoms with Gasteiger partial charge in [0.15, 0.2) is 0 Å². The van der Waals surface area contributed by atoms with Gasteiger partial charge < -0.3 is 21.4 Å². The summed E-state index contributed by atoms with van der Waals surface area (Å²) in [6.45, 7) is 8.17. The summed E-state index contributed by atoms with van der Waals surface area (Å²) < 4.78 is 0. The molecule has 0 aromatic carbocycles. The van der Waals surface area contributed by atoms with Crippen molar-refractivity contribution in [2.75, 3.05) is 19.6 Å². The standard InChI is InChI=1S/C18H37N5O2/c1-4-17(24)21-11-7-5-6-8-12-22-18(25)16(19)14-23(20)13-9-10-15(2)3/h14-15H,4-13,19-20H2,1-3H3,(H,21,24)(H,22,25)/b16-14-. The molecule has 7 heteroatoms. The van der Waals surface area contributed by atoms with Crippen molar-refractivity contribution in [3.05, 3.63) is 11.9 Å². The van der Waals surface area contributed by atoms with Crippen LogP contribution in [0.15, 0.2) is 11.9 Å². The highest BCUT2D eigenvalue weighted by Gasteiger charge is 2.06. The number of carbonyl (C=O) groups is 2. The Morgan fingerprint density at radius 1 is 1.04 bits per heavy atom. The van der Waals surface area contributed by atoms with Gasteiger partial charge in [-0.05, 0) is 31.6 Å². The zero-order valence-corrected chi connectivity index (χ0v) is 16.1. The summed E-state index contributed by atoms with van der Waals surface area (Å²) in [5, 5.41) is 7.12. The second kappa shape index (κ2) is 14.6. The fraction of sp³-hybridized carbons (Fsp3) is 0.778. The fourth-order valence-electron chi connectivity index (χ4n) is 2.24. The highest BCUT2D eigenvalue weighted by molar-refractivity contribution is 5.92. The smallest absolute Gasteiger partial charge is 0.268 e. The zero-order valence-electron chi connectivity index (χ0n) is 16.1. The van der Waals surface area contributed by atoms with Crippen LogP contribution < -0.4 is 22.2 Å². The van der Waals surface area contributed by atoms with Crippen LogP contribution in [-0.4, -0.2) is 36.5 Å². The number of unbranched alkanes of at least 4 members (excludes halogenated alkanes) is 3. The van der Waals surface area contributed by atoms with E-state index >= 15 is 0 Å². The molecule has 0 heterocycles. The molecule has 0 unspecified atom stereocenters. The van der Waals surface area contributed by atoms with Crippen molar-refractivity contribution in [2.24, 2.45) is 17.5 Å². The Morgan fingerprint density at radius 3 is 2.20 bits per heavy atom. The van der Waals surface area contributed by atoms with Gasteiger partial charge in [0, 0.05) is 32.3 Å². The van der Waals surface area contributed by atoms with Crippen LogP contribution in [0.2, 0.25) is 0 Å². The van der Waals surface area contributed by atoms with Crippen molar-refractivity contribution in [3.8, 4) is 0 Å². The maximum Gasteiger partial charge on any atom is 0.268 e. The lowest BCUT2D eigenvalue weighted by Crippen LogP contribution is -2.33. The molecule has 0 fully saturated rings. The van der Waals surface area contributed by atoms with E-state index < -0.39 is 0 Å². The van der Waals surface area contributed by atoms with E-state index in [1.807, 2.05) is 6.92 Å². The minimum Gasteiger partial charge on any atom is -0.393 e. The molecule has 7 nitrogen and oxygen atoms in total. The maximum absolute atomic E-state index is 11.9. The minimum absolute atomic E-state index is 0.0904. The molecular weight excluding hydrogens is 318 g/mol. The summed E-state index contributed by atoms with van der Waals surface area (Å²) >= 11 is 0. The highest BCUT2D eigenvalue weighted by atomic mass is 16.2. The summed E-state index contributed by atoms with van der Waals surface area (Å²) in [5.74, 6) is 6.27. The lowest BCUT2D eigenvalue weighted by Gasteiger charge is -2.15. The van der Waals surface area contributed by atoms with Crippen LogP contribution in [0.3, 0.4) is 0 Å². The molecule has 0 radical (unpaired) electrons.